The smallest absolute Gasteiger partial charge is 0.361 e. The Bertz CT molecular complexity index is 976. The van der Waals surface area contributed by atoms with E-state index in [0.29, 0.717) is 10.9 Å². The number of rotatable bonds is 3. The van der Waals surface area contributed by atoms with E-state index in [9.17, 15) is 30.7 Å². The minimum Gasteiger partial charge on any atom is -0.361 e. The number of benzene rings is 2. The van der Waals surface area contributed by atoms with E-state index in [1.165, 1.54) is 6.20 Å². The molecule has 136 valence electrons. The Balaban J connectivity index is 1.96. The second-order valence-corrected chi connectivity index (χ2v) is 5.16. The number of alkyl halides is 3. The van der Waals surface area contributed by atoms with Crippen LogP contribution in [0.5, 0.6) is 0 Å². The summed E-state index contributed by atoms with van der Waals surface area (Å²) in [6.45, 7) is 0. The third-order valence-electron chi connectivity index (χ3n) is 3.55. The number of hydrogen-bond acceptors (Lipinski definition) is 2. The molecule has 0 saturated carbocycles. The van der Waals surface area contributed by atoms with Gasteiger partial charge in [0.1, 0.15) is 11.3 Å². The Morgan fingerprint density at radius 2 is 1.54 bits per heavy atom. The molecule has 0 radical (unpaired) electrons. The van der Waals surface area contributed by atoms with Crippen molar-refractivity contribution < 1.29 is 30.7 Å². The van der Waals surface area contributed by atoms with Crippen LogP contribution in [-0.4, -0.2) is 11.2 Å². The van der Waals surface area contributed by atoms with Gasteiger partial charge in [-0.05, 0) is 6.07 Å². The van der Waals surface area contributed by atoms with Gasteiger partial charge in [0.25, 0.3) is 0 Å². The van der Waals surface area contributed by atoms with E-state index in [1.54, 1.807) is 29.7 Å². The number of nitrogens with one attached hydrogen (secondary N) is 2. The quantitative estimate of drug-likeness (QED) is 0.281. The van der Waals surface area contributed by atoms with Crippen molar-refractivity contribution in [1.82, 2.24) is 4.98 Å². The SMILES string of the molecule is Fc1c(F)c(C(F)(F)F)c(F)c(F)c1N/N=C/c1c[nH]c2ccccc12. The Morgan fingerprint density at radius 1 is 0.923 bits per heavy atom. The number of halogens is 7. The molecular formula is C16H8F7N3. The van der Waals surface area contributed by atoms with Gasteiger partial charge in [-0.3, -0.25) is 5.43 Å². The summed E-state index contributed by atoms with van der Waals surface area (Å²) in [6.07, 6.45) is -3.00. The van der Waals surface area contributed by atoms with Crippen LogP contribution < -0.4 is 5.43 Å². The van der Waals surface area contributed by atoms with Crippen molar-refractivity contribution in [3.63, 3.8) is 0 Å². The predicted molar refractivity (Wildman–Crippen MR) is 80.8 cm³/mol. The van der Waals surface area contributed by atoms with Crippen molar-refractivity contribution in [1.29, 1.82) is 0 Å². The van der Waals surface area contributed by atoms with Gasteiger partial charge in [0.05, 0.1) is 6.21 Å². The van der Waals surface area contributed by atoms with Gasteiger partial charge in [-0.2, -0.15) is 18.3 Å². The van der Waals surface area contributed by atoms with Gasteiger partial charge >= 0.3 is 6.18 Å². The van der Waals surface area contributed by atoms with Crippen LogP contribution in [0.25, 0.3) is 10.9 Å². The van der Waals surface area contributed by atoms with Gasteiger partial charge in [-0.25, -0.2) is 17.6 Å². The predicted octanol–water partition coefficient (Wildman–Crippen LogP) is 5.19. The van der Waals surface area contributed by atoms with Crippen LogP contribution in [0, 0.1) is 23.3 Å². The molecule has 0 fully saturated rings. The van der Waals surface area contributed by atoms with E-state index in [2.05, 4.69) is 10.1 Å². The second-order valence-electron chi connectivity index (χ2n) is 5.16. The number of anilines is 1. The number of aromatic nitrogens is 1. The highest BCUT2D eigenvalue weighted by atomic mass is 19.4. The topological polar surface area (TPSA) is 40.2 Å². The van der Waals surface area contributed by atoms with Gasteiger partial charge in [-0.15, -0.1) is 0 Å². The van der Waals surface area contributed by atoms with E-state index in [4.69, 9.17) is 0 Å². The van der Waals surface area contributed by atoms with Gasteiger partial charge in [0, 0.05) is 22.7 Å². The van der Waals surface area contributed by atoms with E-state index >= 15 is 0 Å². The zero-order valence-corrected chi connectivity index (χ0v) is 12.6. The van der Waals surface area contributed by atoms with Crippen LogP contribution in [0.2, 0.25) is 0 Å². The highest BCUT2D eigenvalue weighted by Crippen LogP contribution is 2.38. The molecular weight excluding hydrogens is 367 g/mol. The molecule has 0 aliphatic carbocycles. The molecule has 0 aliphatic heterocycles. The van der Waals surface area contributed by atoms with Crippen LogP contribution in [-0.2, 0) is 6.18 Å². The summed E-state index contributed by atoms with van der Waals surface area (Å²) < 4.78 is 92.0. The second kappa shape index (κ2) is 6.36. The molecule has 2 N–H and O–H groups in total. The molecule has 1 heterocycles. The summed E-state index contributed by atoms with van der Waals surface area (Å²) in [7, 11) is 0. The van der Waals surface area contributed by atoms with Crippen LogP contribution in [0.4, 0.5) is 36.4 Å². The highest BCUT2D eigenvalue weighted by molar-refractivity contribution is 5.99. The largest absolute Gasteiger partial charge is 0.422 e. The van der Waals surface area contributed by atoms with Crippen LogP contribution in [0.3, 0.4) is 0 Å². The summed E-state index contributed by atoms with van der Waals surface area (Å²) in [5, 5.41) is 4.14. The first-order valence-corrected chi connectivity index (χ1v) is 7.00. The number of nitrogens with zero attached hydrogens (tertiary/aromatic N) is 1. The van der Waals surface area contributed by atoms with Gasteiger partial charge in [0.2, 0.25) is 0 Å². The standard InChI is InChI=1S/C16H8F7N3/c17-11-10(16(21,22)23)12(18)14(20)15(13(11)19)26-25-6-7-5-24-9-4-2-1-3-8(7)9/h1-6,24,26H/b25-6+. The summed E-state index contributed by atoms with van der Waals surface area (Å²) >= 11 is 0. The summed E-state index contributed by atoms with van der Waals surface area (Å²) in [6, 6.07) is 6.95. The molecule has 1 aromatic heterocycles. The minimum atomic E-state index is -5.60. The summed E-state index contributed by atoms with van der Waals surface area (Å²) in [5.74, 6) is -9.57. The highest BCUT2D eigenvalue weighted by Gasteiger charge is 2.42. The van der Waals surface area contributed by atoms with Crippen molar-refractivity contribution in [2.24, 2.45) is 5.10 Å². The average Bonchev–Trinajstić information content (AvgIpc) is 2.98. The fourth-order valence-corrected chi connectivity index (χ4v) is 2.35. The number of hydrazone groups is 1. The molecule has 0 amide bonds. The molecule has 0 aliphatic rings. The number of hydrogen-bond donors (Lipinski definition) is 2. The lowest BCUT2D eigenvalue weighted by molar-refractivity contribution is -0.143. The lowest BCUT2D eigenvalue weighted by Gasteiger charge is -2.13. The normalized spacial score (nSPS) is 12.3. The molecule has 0 unspecified atom stereocenters. The average molecular weight is 375 g/mol. The minimum absolute atomic E-state index is 0.474. The Labute approximate surface area is 141 Å². The van der Waals surface area contributed by atoms with E-state index in [0.717, 1.165) is 11.7 Å². The molecule has 0 spiro atoms. The van der Waals surface area contributed by atoms with E-state index < -0.39 is 40.7 Å². The third-order valence-corrected chi connectivity index (χ3v) is 3.55. The molecule has 3 aromatic rings. The van der Waals surface area contributed by atoms with Crippen molar-refractivity contribution >= 4 is 22.8 Å². The zero-order valence-electron chi connectivity index (χ0n) is 12.6. The first-order valence-electron chi connectivity index (χ1n) is 7.00. The van der Waals surface area contributed by atoms with E-state index in [-0.39, 0.29) is 0 Å². The molecule has 0 atom stereocenters. The number of fused-ring (bicyclic) bond motifs is 1. The maximum atomic E-state index is 13.7. The molecule has 26 heavy (non-hydrogen) atoms. The first-order chi connectivity index (χ1) is 12.2. The fourth-order valence-electron chi connectivity index (χ4n) is 2.35. The number of H-pyrrole nitrogens is 1. The van der Waals surface area contributed by atoms with Crippen molar-refractivity contribution in [2.75, 3.05) is 5.43 Å². The van der Waals surface area contributed by atoms with Gasteiger partial charge in [-0.1, -0.05) is 18.2 Å². The van der Waals surface area contributed by atoms with Crippen molar-refractivity contribution in [3.05, 3.63) is 64.9 Å². The van der Waals surface area contributed by atoms with Gasteiger partial charge < -0.3 is 4.98 Å². The number of para-hydroxylation sites is 1. The summed E-state index contributed by atoms with van der Waals surface area (Å²) in [5.41, 5.74) is -1.20. The molecule has 2 aromatic carbocycles. The first kappa shape index (κ1) is 17.8. The Hall–Kier alpha value is -3.04. The van der Waals surface area contributed by atoms with Crippen molar-refractivity contribution in [2.45, 2.75) is 6.18 Å². The third kappa shape index (κ3) is 2.98. The van der Waals surface area contributed by atoms with Crippen LogP contribution in [0.1, 0.15) is 11.1 Å². The van der Waals surface area contributed by atoms with Crippen LogP contribution in [0.15, 0.2) is 35.6 Å². The summed E-state index contributed by atoms with van der Waals surface area (Å²) in [4.78, 5) is 2.89. The Kier molecular flexibility index (Phi) is 4.34. The number of aromatic amines is 1. The zero-order chi connectivity index (χ0) is 19.1. The molecule has 3 rings (SSSR count). The molecule has 0 bridgehead atoms. The Morgan fingerprint density at radius 3 is 2.15 bits per heavy atom. The van der Waals surface area contributed by atoms with E-state index in [1.807, 2.05) is 0 Å². The van der Waals surface area contributed by atoms with Crippen molar-refractivity contribution in [3.8, 4) is 0 Å². The fraction of sp³-hybridized carbons (Fsp3) is 0.0625. The maximum absolute atomic E-state index is 13.7. The monoisotopic (exact) mass is 375 g/mol. The maximum Gasteiger partial charge on any atom is 0.422 e. The molecule has 10 heteroatoms. The molecule has 3 nitrogen and oxygen atoms in total. The lowest BCUT2D eigenvalue weighted by atomic mass is 10.1. The van der Waals surface area contributed by atoms with Gasteiger partial charge in [0.15, 0.2) is 23.3 Å². The van der Waals surface area contributed by atoms with Crippen LogP contribution >= 0.6 is 0 Å². The molecule has 0 saturated heterocycles. The lowest BCUT2D eigenvalue weighted by Crippen LogP contribution is -2.16.